The maximum atomic E-state index is 11.9. The average Bonchev–Trinajstić information content (AvgIpc) is 3.06. The number of hydrogen-bond acceptors (Lipinski definition) is 5. The second kappa shape index (κ2) is 5.11. The highest BCUT2D eigenvalue weighted by atomic mass is 16.4. The number of hydrogen-bond donors (Lipinski definition) is 3. The molecule has 2 aromatic heterocycles. The summed E-state index contributed by atoms with van der Waals surface area (Å²) in [4.78, 5) is 28.2. The predicted octanol–water partition coefficient (Wildman–Crippen LogP) is 1.13. The lowest BCUT2D eigenvalue weighted by Gasteiger charge is -2.24. The lowest BCUT2D eigenvalue weighted by atomic mass is 9.83. The molecule has 1 saturated carbocycles. The van der Waals surface area contributed by atoms with Gasteiger partial charge in [-0.25, -0.2) is 19.3 Å². The highest BCUT2D eigenvalue weighted by Crippen LogP contribution is 2.41. The van der Waals surface area contributed by atoms with Crippen LogP contribution >= 0.6 is 0 Å². The summed E-state index contributed by atoms with van der Waals surface area (Å²) in [5.41, 5.74) is -0.625. The Morgan fingerprint density at radius 1 is 1.45 bits per heavy atom. The number of carbonyl (C=O) groups is 1. The van der Waals surface area contributed by atoms with E-state index in [4.69, 9.17) is 0 Å². The van der Waals surface area contributed by atoms with Crippen molar-refractivity contribution in [1.29, 1.82) is 0 Å². The van der Waals surface area contributed by atoms with Gasteiger partial charge in [-0.2, -0.15) is 0 Å². The van der Waals surface area contributed by atoms with Crippen molar-refractivity contribution in [2.75, 3.05) is 5.32 Å². The van der Waals surface area contributed by atoms with Gasteiger partial charge in [0.2, 0.25) is 5.65 Å². The Kier molecular flexibility index (Phi) is 3.38. The zero-order chi connectivity index (χ0) is 15.9. The number of aliphatic carboxylic acids is 1. The van der Waals surface area contributed by atoms with E-state index in [1.54, 1.807) is 0 Å². The highest BCUT2D eigenvalue weighted by molar-refractivity contribution is 5.81. The first-order valence-corrected chi connectivity index (χ1v) is 7.42. The summed E-state index contributed by atoms with van der Waals surface area (Å²) in [7, 11) is 0. The van der Waals surface area contributed by atoms with Gasteiger partial charge in [0.1, 0.15) is 5.41 Å². The minimum atomic E-state index is -1.02. The Bertz CT molecular complexity index is 770. The van der Waals surface area contributed by atoms with Gasteiger partial charge in [-0.05, 0) is 26.7 Å². The molecule has 1 aliphatic carbocycles. The highest BCUT2D eigenvalue weighted by Gasteiger charge is 2.45. The summed E-state index contributed by atoms with van der Waals surface area (Å²) < 4.78 is 1.33. The van der Waals surface area contributed by atoms with E-state index in [-0.39, 0.29) is 6.04 Å². The van der Waals surface area contributed by atoms with Crippen LogP contribution in [0.2, 0.25) is 0 Å². The summed E-state index contributed by atoms with van der Waals surface area (Å²) >= 11 is 0. The molecule has 0 bridgehead atoms. The number of carboxylic acids is 1. The minimum Gasteiger partial charge on any atom is -0.481 e. The first-order chi connectivity index (χ1) is 10.4. The molecule has 8 heteroatoms. The van der Waals surface area contributed by atoms with Crippen LogP contribution in [0.5, 0.6) is 0 Å². The van der Waals surface area contributed by atoms with Crippen LogP contribution < -0.4 is 11.0 Å². The lowest BCUT2D eigenvalue weighted by Crippen LogP contribution is -2.34. The van der Waals surface area contributed by atoms with Crippen LogP contribution in [0.15, 0.2) is 11.0 Å². The third-order valence-electron chi connectivity index (χ3n) is 4.18. The Balaban J connectivity index is 2.23. The number of rotatable bonds is 4. The first kappa shape index (κ1) is 14.6. The van der Waals surface area contributed by atoms with E-state index in [1.807, 2.05) is 13.8 Å². The van der Waals surface area contributed by atoms with Crippen LogP contribution in [0.25, 0.3) is 5.65 Å². The standard InChI is InChI=1S/C14H19N5O3/c1-8(2)15-10-11-17-18-13(22)19(11)7-9(16-10)14(12(20)21)5-3-4-6-14/h7-8H,3-6H2,1-2H3,(H,15,16)(H,18,22)(H,20,21). The molecule has 3 rings (SSSR count). The SMILES string of the molecule is CC(C)Nc1nc(C2(C(=O)O)CCCC2)cn2c(=O)[nH]nc12. The maximum Gasteiger partial charge on any atom is 0.347 e. The molecule has 2 aromatic rings. The van der Waals surface area contributed by atoms with Gasteiger partial charge >= 0.3 is 11.7 Å². The number of carboxylic acid groups (broad SMARTS) is 1. The molecule has 1 aliphatic rings. The van der Waals surface area contributed by atoms with E-state index in [0.717, 1.165) is 12.8 Å². The molecule has 8 nitrogen and oxygen atoms in total. The fourth-order valence-electron chi connectivity index (χ4n) is 3.07. The zero-order valence-electron chi connectivity index (χ0n) is 12.6. The smallest absolute Gasteiger partial charge is 0.347 e. The van der Waals surface area contributed by atoms with Crippen LogP contribution in [0.4, 0.5) is 5.82 Å². The minimum absolute atomic E-state index is 0.0858. The fourth-order valence-corrected chi connectivity index (χ4v) is 3.07. The van der Waals surface area contributed by atoms with Crippen molar-refractivity contribution >= 4 is 17.4 Å². The molecular formula is C14H19N5O3. The van der Waals surface area contributed by atoms with Crippen molar-refractivity contribution in [2.24, 2.45) is 0 Å². The van der Waals surface area contributed by atoms with Crippen molar-refractivity contribution in [3.05, 3.63) is 22.4 Å². The van der Waals surface area contributed by atoms with Crippen LogP contribution in [0.3, 0.4) is 0 Å². The van der Waals surface area contributed by atoms with E-state index < -0.39 is 17.1 Å². The van der Waals surface area contributed by atoms with Gasteiger partial charge < -0.3 is 10.4 Å². The Labute approximate surface area is 126 Å². The van der Waals surface area contributed by atoms with Gasteiger partial charge in [0.25, 0.3) is 0 Å². The predicted molar refractivity (Wildman–Crippen MR) is 80.1 cm³/mol. The third kappa shape index (κ3) is 2.15. The molecule has 0 spiro atoms. The summed E-state index contributed by atoms with van der Waals surface area (Å²) in [5.74, 6) is -0.456. The summed E-state index contributed by atoms with van der Waals surface area (Å²) in [5, 5.41) is 19.2. The zero-order valence-corrected chi connectivity index (χ0v) is 12.6. The number of fused-ring (bicyclic) bond motifs is 1. The molecule has 0 amide bonds. The Hall–Kier alpha value is -2.38. The van der Waals surface area contributed by atoms with E-state index in [9.17, 15) is 14.7 Å². The topological polar surface area (TPSA) is 112 Å². The number of aromatic amines is 1. The molecule has 0 unspecified atom stereocenters. The van der Waals surface area contributed by atoms with Crippen LogP contribution in [-0.4, -0.2) is 36.7 Å². The van der Waals surface area contributed by atoms with Gasteiger partial charge in [0, 0.05) is 12.2 Å². The second-order valence-electron chi connectivity index (χ2n) is 6.09. The van der Waals surface area contributed by atoms with Crippen LogP contribution in [0.1, 0.15) is 45.2 Å². The monoisotopic (exact) mass is 305 g/mol. The van der Waals surface area contributed by atoms with Crippen LogP contribution in [-0.2, 0) is 10.2 Å². The van der Waals surface area contributed by atoms with E-state index in [1.165, 1.54) is 10.6 Å². The van der Waals surface area contributed by atoms with Gasteiger partial charge in [-0.15, -0.1) is 5.10 Å². The normalized spacial score (nSPS) is 17.2. The molecule has 3 N–H and O–H groups in total. The second-order valence-corrected chi connectivity index (χ2v) is 6.09. The Morgan fingerprint density at radius 2 is 2.14 bits per heavy atom. The Morgan fingerprint density at radius 3 is 2.73 bits per heavy atom. The quantitative estimate of drug-likeness (QED) is 0.780. The number of nitrogens with one attached hydrogen (secondary N) is 2. The molecule has 0 aliphatic heterocycles. The maximum absolute atomic E-state index is 11.9. The molecule has 0 saturated heterocycles. The fraction of sp³-hybridized carbons (Fsp3) is 0.571. The molecule has 0 radical (unpaired) electrons. The molecule has 1 fully saturated rings. The summed E-state index contributed by atoms with van der Waals surface area (Å²) in [6.07, 6.45) is 4.27. The van der Waals surface area contributed by atoms with Gasteiger partial charge in [0.15, 0.2) is 5.82 Å². The molecule has 22 heavy (non-hydrogen) atoms. The van der Waals surface area contributed by atoms with Crippen molar-refractivity contribution in [1.82, 2.24) is 19.6 Å². The van der Waals surface area contributed by atoms with E-state index in [2.05, 4.69) is 20.5 Å². The number of aromatic nitrogens is 4. The van der Waals surface area contributed by atoms with Gasteiger partial charge in [-0.1, -0.05) is 12.8 Å². The molecule has 2 heterocycles. The van der Waals surface area contributed by atoms with E-state index >= 15 is 0 Å². The average molecular weight is 305 g/mol. The molecule has 118 valence electrons. The van der Waals surface area contributed by atoms with Crippen molar-refractivity contribution in [3.8, 4) is 0 Å². The third-order valence-corrected chi connectivity index (χ3v) is 4.18. The molecule has 0 atom stereocenters. The molecule has 0 aromatic carbocycles. The van der Waals surface area contributed by atoms with Gasteiger partial charge in [0.05, 0.1) is 5.69 Å². The summed E-state index contributed by atoms with van der Waals surface area (Å²) in [6.45, 7) is 3.89. The van der Waals surface area contributed by atoms with Crippen molar-refractivity contribution in [3.63, 3.8) is 0 Å². The van der Waals surface area contributed by atoms with Gasteiger partial charge in [-0.3, -0.25) is 4.79 Å². The van der Waals surface area contributed by atoms with Crippen molar-refractivity contribution < 1.29 is 9.90 Å². The number of anilines is 1. The summed E-state index contributed by atoms with van der Waals surface area (Å²) in [6, 6.07) is 0.0858. The van der Waals surface area contributed by atoms with E-state index in [0.29, 0.717) is 30.0 Å². The number of H-pyrrole nitrogens is 1. The molecular weight excluding hydrogens is 286 g/mol. The van der Waals surface area contributed by atoms with Crippen LogP contribution in [0, 0.1) is 0 Å². The largest absolute Gasteiger partial charge is 0.481 e. The first-order valence-electron chi connectivity index (χ1n) is 7.42. The number of nitrogens with zero attached hydrogens (tertiary/aromatic N) is 3. The lowest BCUT2D eigenvalue weighted by molar-refractivity contribution is -0.143. The van der Waals surface area contributed by atoms with Crippen molar-refractivity contribution in [2.45, 2.75) is 51.0 Å².